The molecule has 1 aromatic heterocycles. The summed E-state index contributed by atoms with van der Waals surface area (Å²) in [6, 6.07) is 15.6. The van der Waals surface area contributed by atoms with Crippen LogP contribution in [0.2, 0.25) is 10.3 Å². The largest absolute Gasteiger partial charge is 0.223 e. The third-order valence-corrected chi connectivity index (χ3v) is 3.51. The van der Waals surface area contributed by atoms with Gasteiger partial charge in [0.2, 0.25) is 5.28 Å². The average Bonchev–Trinajstić information content (AvgIpc) is 2.41. The fourth-order valence-electron chi connectivity index (χ4n) is 2.07. The number of nitrogens with zero attached hydrogens (tertiary/aromatic N) is 2. The Morgan fingerprint density at radius 2 is 1.58 bits per heavy atom. The number of rotatable bonds is 2. The summed E-state index contributed by atoms with van der Waals surface area (Å²) in [4.78, 5) is 8.56. The smallest absolute Gasteiger partial charge is 0.222 e. The minimum atomic E-state index is 0.265. The molecule has 3 aromatic rings. The number of fused-ring (bicyclic) bond motifs is 1. The number of hydrogen-bond acceptors (Lipinski definition) is 2. The molecule has 19 heavy (non-hydrogen) atoms. The van der Waals surface area contributed by atoms with E-state index in [2.05, 4.69) is 9.97 Å². The Morgan fingerprint density at radius 1 is 0.842 bits per heavy atom. The molecule has 2 nitrogen and oxygen atoms in total. The van der Waals surface area contributed by atoms with E-state index in [1.807, 2.05) is 48.5 Å². The average molecular weight is 289 g/mol. The summed E-state index contributed by atoms with van der Waals surface area (Å²) in [5, 5.41) is 2.01. The van der Waals surface area contributed by atoms with E-state index in [0.29, 0.717) is 6.42 Å². The molecule has 0 saturated heterocycles. The van der Waals surface area contributed by atoms with E-state index in [0.717, 1.165) is 27.2 Å². The van der Waals surface area contributed by atoms with Gasteiger partial charge in [-0.2, -0.15) is 0 Å². The Labute approximate surface area is 121 Å². The molecule has 3 rings (SSSR count). The van der Waals surface area contributed by atoms with Gasteiger partial charge < -0.3 is 0 Å². The van der Waals surface area contributed by atoms with Crippen molar-refractivity contribution in [2.24, 2.45) is 0 Å². The maximum atomic E-state index is 6.19. The summed E-state index contributed by atoms with van der Waals surface area (Å²) in [7, 11) is 0. The van der Waals surface area contributed by atoms with Crippen molar-refractivity contribution in [1.82, 2.24) is 9.97 Å². The van der Waals surface area contributed by atoms with Gasteiger partial charge in [-0.25, -0.2) is 9.97 Å². The maximum Gasteiger partial charge on any atom is 0.223 e. The van der Waals surface area contributed by atoms with Crippen LogP contribution in [0.3, 0.4) is 0 Å². The molecule has 0 atom stereocenters. The molecule has 2 aromatic carbocycles. The normalized spacial score (nSPS) is 10.8. The van der Waals surface area contributed by atoms with E-state index in [4.69, 9.17) is 23.2 Å². The molecule has 0 unspecified atom stereocenters. The van der Waals surface area contributed by atoms with Crippen LogP contribution in [-0.4, -0.2) is 9.97 Å². The number of aromatic nitrogens is 2. The Bertz CT molecular complexity index is 741. The highest BCUT2D eigenvalue weighted by Gasteiger charge is 2.08. The molecule has 0 aliphatic rings. The Balaban J connectivity index is 2.13. The van der Waals surface area contributed by atoms with Gasteiger partial charge in [0.1, 0.15) is 0 Å². The maximum absolute atomic E-state index is 6.19. The molecule has 0 aliphatic carbocycles. The molecule has 0 radical (unpaired) electrons. The molecule has 0 saturated carbocycles. The standard InChI is InChI=1S/C15H10Cl2N2/c16-12-7-3-1-5-10(12)9-14-11-6-2-4-8-13(11)18-15(17)19-14/h1-8H,9H2. The fourth-order valence-corrected chi connectivity index (χ4v) is 2.46. The second kappa shape index (κ2) is 5.16. The van der Waals surface area contributed by atoms with Gasteiger partial charge in [-0.15, -0.1) is 0 Å². The molecular weight excluding hydrogens is 279 g/mol. The molecule has 4 heteroatoms. The summed E-state index contributed by atoms with van der Waals surface area (Å²) in [6.07, 6.45) is 0.641. The quantitative estimate of drug-likeness (QED) is 0.648. The molecule has 1 heterocycles. The zero-order valence-electron chi connectivity index (χ0n) is 9.98. The van der Waals surface area contributed by atoms with Gasteiger partial charge in [0, 0.05) is 16.8 Å². The molecule has 0 amide bonds. The van der Waals surface area contributed by atoms with E-state index in [-0.39, 0.29) is 5.28 Å². The highest BCUT2D eigenvalue weighted by molar-refractivity contribution is 6.31. The number of hydrogen-bond donors (Lipinski definition) is 0. The van der Waals surface area contributed by atoms with Crippen LogP contribution in [0.4, 0.5) is 0 Å². The third kappa shape index (κ3) is 2.55. The second-order valence-electron chi connectivity index (χ2n) is 4.22. The Hall–Kier alpha value is -1.64. The second-order valence-corrected chi connectivity index (χ2v) is 4.97. The number of para-hydroxylation sites is 1. The third-order valence-electron chi connectivity index (χ3n) is 2.97. The molecule has 0 aliphatic heterocycles. The van der Waals surface area contributed by atoms with Gasteiger partial charge >= 0.3 is 0 Å². The first-order valence-corrected chi connectivity index (χ1v) is 6.64. The Morgan fingerprint density at radius 3 is 2.42 bits per heavy atom. The van der Waals surface area contributed by atoms with Gasteiger partial charge in [-0.05, 0) is 29.3 Å². The predicted molar refractivity (Wildman–Crippen MR) is 78.8 cm³/mol. The van der Waals surface area contributed by atoms with Crippen LogP contribution in [0.25, 0.3) is 10.9 Å². The van der Waals surface area contributed by atoms with Crippen LogP contribution in [0, 0.1) is 0 Å². The van der Waals surface area contributed by atoms with E-state index >= 15 is 0 Å². The lowest BCUT2D eigenvalue weighted by Gasteiger charge is -2.07. The lowest BCUT2D eigenvalue weighted by Crippen LogP contribution is -1.97. The monoisotopic (exact) mass is 288 g/mol. The minimum absolute atomic E-state index is 0.265. The molecular formula is C15H10Cl2N2. The van der Waals surface area contributed by atoms with Gasteiger partial charge in [0.25, 0.3) is 0 Å². The highest BCUT2D eigenvalue weighted by Crippen LogP contribution is 2.23. The number of benzene rings is 2. The van der Waals surface area contributed by atoms with Crippen LogP contribution in [0.15, 0.2) is 48.5 Å². The van der Waals surface area contributed by atoms with Crippen molar-refractivity contribution in [2.75, 3.05) is 0 Å². The van der Waals surface area contributed by atoms with Crippen LogP contribution in [0.5, 0.6) is 0 Å². The molecule has 94 valence electrons. The first kappa shape index (κ1) is 12.4. The van der Waals surface area contributed by atoms with Crippen molar-refractivity contribution in [3.05, 3.63) is 70.1 Å². The van der Waals surface area contributed by atoms with Crippen molar-refractivity contribution >= 4 is 34.1 Å². The highest BCUT2D eigenvalue weighted by atomic mass is 35.5. The predicted octanol–water partition coefficient (Wildman–Crippen LogP) is 4.53. The van der Waals surface area contributed by atoms with Gasteiger partial charge in [0.05, 0.1) is 11.2 Å². The lowest BCUT2D eigenvalue weighted by molar-refractivity contribution is 1.06. The molecule has 0 bridgehead atoms. The van der Waals surface area contributed by atoms with Crippen molar-refractivity contribution in [3.8, 4) is 0 Å². The topological polar surface area (TPSA) is 25.8 Å². The van der Waals surface area contributed by atoms with E-state index < -0.39 is 0 Å². The fraction of sp³-hybridized carbons (Fsp3) is 0.0667. The van der Waals surface area contributed by atoms with Crippen molar-refractivity contribution in [1.29, 1.82) is 0 Å². The van der Waals surface area contributed by atoms with Crippen LogP contribution >= 0.6 is 23.2 Å². The van der Waals surface area contributed by atoms with Crippen molar-refractivity contribution in [2.45, 2.75) is 6.42 Å². The first-order valence-electron chi connectivity index (χ1n) is 5.88. The first-order chi connectivity index (χ1) is 9.24. The molecule has 0 spiro atoms. The van der Waals surface area contributed by atoms with Crippen molar-refractivity contribution in [3.63, 3.8) is 0 Å². The Kier molecular flexibility index (Phi) is 3.36. The SMILES string of the molecule is Clc1nc(Cc2ccccc2Cl)c2ccccc2n1. The number of halogens is 2. The molecule has 0 fully saturated rings. The minimum Gasteiger partial charge on any atom is -0.222 e. The zero-order chi connectivity index (χ0) is 13.2. The van der Waals surface area contributed by atoms with Crippen LogP contribution in [0.1, 0.15) is 11.3 Å². The molecule has 0 N–H and O–H groups in total. The summed E-state index contributed by atoms with van der Waals surface area (Å²) in [5.74, 6) is 0. The summed E-state index contributed by atoms with van der Waals surface area (Å²) in [6.45, 7) is 0. The van der Waals surface area contributed by atoms with Crippen LogP contribution in [-0.2, 0) is 6.42 Å². The van der Waals surface area contributed by atoms with E-state index in [1.165, 1.54) is 0 Å². The van der Waals surface area contributed by atoms with Crippen molar-refractivity contribution < 1.29 is 0 Å². The van der Waals surface area contributed by atoms with Gasteiger partial charge in [0.15, 0.2) is 0 Å². The van der Waals surface area contributed by atoms with Gasteiger partial charge in [-0.1, -0.05) is 48.0 Å². The lowest BCUT2D eigenvalue weighted by atomic mass is 10.1. The van der Waals surface area contributed by atoms with Gasteiger partial charge in [-0.3, -0.25) is 0 Å². The zero-order valence-corrected chi connectivity index (χ0v) is 11.5. The summed E-state index contributed by atoms with van der Waals surface area (Å²) >= 11 is 12.2. The van der Waals surface area contributed by atoms with E-state index in [9.17, 15) is 0 Å². The van der Waals surface area contributed by atoms with Crippen LogP contribution < -0.4 is 0 Å². The summed E-state index contributed by atoms with van der Waals surface area (Å²) < 4.78 is 0. The van der Waals surface area contributed by atoms with E-state index in [1.54, 1.807) is 0 Å². The summed E-state index contributed by atoms with van der Waals surface area (Å²) in [5.41, 5.74) is 2.78.